The van der Waals surface area contributed by atoms with Crippen LogP contribution in [0.4, 0.5) is 0 Å². The Balaban J connectivity index is 2.80. The lowest BCUT2D eigenvalue weighted by Crippen LogP contribution is -2.09. The number of allylic oxidation sites excluding steroid dienone is 1. The summed E-state index contributed by atoms with van der Waals surface area (Å²) in [6.07, 6.45) is 4.49. The quantitative estimate of drug-likeness (QED) is 0.459. The topological polar surface area (TPSA) is 30.9 Å². The normalized spacial score (nSPS) is 9.33. The first-order valence-electron chi connectivity index (χ1n) is 2.87. The minimum Gasteiger partial charge on any atom is -0.339 e. The number of nitrogens with zero attached hydrogens (tertiary/aromatic N) is 1. The van der Waals surface area contributed by atoms with Crippen LogP contribution in [-0.4, -0.2) is 4.68 Å². The average Bonchev–Trinajstić information content (AvgIpc) is 2.18. The fourth-order valence-corrected chi connectivity index (χ4v) is 0.750. The molecule has 1 aromatic rings. The first-order valence-corrected chi connectivity index (χ1v) is 2.87. The molecule has 1 heterocycles. The first-order chi connectivity index (χ1) is 4.34. The molecule has 0 aliphatic carbocycles. The number of rotatable bonds is 2. The van der Waals surface area contributed by atoms with E-state index in [1.165, 1.54) is 0 Å². The third-order valence-corrected chi connectivity index (χ3v) is 1.22. The van der Waals surface area contributed by atoms with Crippen molar-refractivity contribution in [2.24, 2.45) is 0 Å². The van der Waals surface area contributed by atoms with Crippen molar-refractivity contribution in [1.82, 2.24) is 4.68 Å². The van der Waals surface area contributed by atoms with E-state index in [1.807, 2.05) is 24.4 Å². The lowest BCUT2D eigenvalue weighted by Gasteiger charge is -1.96. The van der Waals surface area contributed by atoms with E-state index in [-0.39, 0.29) is 0 Å². The highest BCUT2D eigenvalue weighted by atomic mass is 15.3. The van der Waals surface area contributed by atoms with Crippen LogP contribution in [0.5, 0.6) is 0 Å². The molecule has 48 valence electrons. The molecule has 2 heteroatoms. The smallest absolute Gasteiger partial charge is 0.0429 e. The van der Waals surface area contributed by atoms with Crippen LogP contribution in [-0.2, 0) is 6.42 Å². The maximum atomic E-state index is 5.50. The summed E-state index contributed by atoms with van der Waals surface area (Å²) in [7, 11) is 0. The lowest BCUT2D eigenvalue weighted by atomic mass is 10.3. The largest absolute Gasteiger partial charge is 0.339 e. The molecule has 2 N–H and O–H groups in total. The van der Waals surface area contributed by atoms with Crippen LogP contribution in [0, 0.1) is 0 Å². The summed E-state index contributed by atoms with van der Waals surface area (Å²) in [4.78, 5) is 0. The van der Waals surface area contributed by atoms with Crippen molar-refractivity contribution in [3.05, 3.63) is 36.7 Å². The van der Waals surface area contributed by atoms with Gasteiger partial charge in [-0.05, 0) is 12.1 Å². The van der Waals surface area contributed by atoms with Gasteiger partial charge in [-0.1, -0.05) is 6.08 Å². The molecule has 9 heavy (non-hydrogen) atoms. The van der Waals surface area contributed by atoms with Crippen molar-refractivity contribution in [3.8, 4) is 0 Å². The van der Waals surface area contributed by atoms with Gasteiger partial charge in [0.25, 0.3) is 0 Å². The third-order valence-electron chi connectivity index (χ3n) is 1.22. The van der Waals surface area contributed by atoms with Gasteiger partial charge in [0.15, 0.2) is 0 Å². The molecule has 0 unspecified atom stereocenters. The van der Waals surface area contributed by atoms with Crippen LogP contribution in [0.15, 0.2) is 31.0 Å². The number of aromatic nitrogens is 1. The van der Waals surface area contributed by atoms with Gasteiger partial charge in [-0.2, -0.15) is 0 Å². The Bertz CT molecular complexity index is 200. The lowest BCUT2D eigenvalue weighted by molar-refractivity contribution is 0.928. The summed E-state index contributed by atoms with van der Waals surface area (Å²) in [5.41, 5.74) is 1.09. The minimum absolute atomic E-state index is 0.837. The predicted octanol–water partition coefficient (Wildman–Crippen LogP) is 0.930. The highest BCUT2D eigenvalue weighted by Gasteiger charge is 1.90. The van der Waals surface area contributed by atoms with Gasteiger partial charge in [0.1, 0.15) is 0 Å². The number of nitrogen functional groups attached to an aromatic ring is 1. The van der Waals surface area contributed by atoms with Crippen molar-refractivity contribution in [2.45, 2.75) is 6.42 Å². The van der Waals surface area contributed by atoms with E-state index in [4.69, 9.17) is 5.84 Å². The van der Waals surface area contributed by atoms with Gasteiger partial charge in [0.2, 0.25) is 0 Å². The molecule has 0 aliphatic heterocycles. The fourth-order valence-electron chi connectivity index (χ4n) is 0.750. The van der Waals surface area contributed by atoms with Crippen molar-refractivity contribution in [1.29, 1.82) is 0 Å². The molecular weight excluding hydrogens is 112 g/mol. The van der Waals surface area contributed by atoms with Gasteiger partial charge in [0, 0.05) is 18.3 Å². The molecule has 0 spiro atoms. The summed E-state index contributed by atoms with van der Waals surface area (Å²) >= 11 is 0. The monoisotopic (exact) mass is 122 g/mol. The summed E-state index contributed by atoms with van der Waals surface area (Å²) in [6.45, 7) is 3.61. The Morgan fingerprint density at radius 3 is 3.00 bits per heavy atom. The van der Waals surface area contributed by atoms with Crippen molar-refractivity contribution < 1.29 is 0 Å². The van der Waals surface area contributed by atoms with Crippen LogP contribution in [0.1, 0.15) is 5.69 Å². The second kappa shape index (κ2) is 2.40. The predicted molar refractivity (Wildman–Crippen MR) is 38.5 cm³/mol. The zero-order valence-electron chi connectivity index (χ0n) is 5.25. The molecule has 0 saturated carbocycles. The van der Waals surface area contributed by atoms with Crippen LogP contribution >= 0.6 is 0 Å². The zero-order valence-corrected chi connectivity index (χ0v) is 5.25. The molecule has 0 bridgehead atoms. The van der Waals surface area contributed by atoms with Crippen LogP contribution in [0.3, 0.4) is 0 Å². The molecule has 0 aromatic carbocycles. The fraction of sp³-hybridized carbons (Fsp3) is 0.143. The summed E-state index contributed by atoms with van der Waals surface area (Å²) < 4.78 is 1.60. The van der Waals surface area contributed by atoms with E-state index in [0.717, 1.165) is 12.1 Å². The molecule has 0 amide bonds. The van der Waals surface area contributed by atoms with Crippen molar-refractivity contribution in [2.75, 3.05) is 5.84 Å². The van der Waals surface area contributed by atoms with Crippen LogP contribution in [0.2, 0.25) is 0 Å². The average molecular weight is 122 g/mol. The van der Waals surface area contributed by atoms with Crippen molar-refractivity contribution >= 4 is 0 Å². The van der Waals surface area contributed by atoms with Gasteiger partial charge >= 0.3 is 0 Å². The highest BCUT2D eigenvalue weighted by Crippen LogP contribution is 1.97. The van der Waals surface area contributed by atoms with E-state index in [2.05, 4.69) is 6.58 Å². The molecular formula is C7H10N2. The number of hydrogen-bond acceptors (Lipinski definition) is 1. The van der Waals surface area contributed by atoms with E-state index in [0.29, 0.717) is 0 Å². The van der Waals surface area contributed by atoms with Crippen LogP contribution < -0.4 is 5.84 Å². The Morgan fingerprint density at radius 2 is 2.56 bits per heavy atom. The molecule has 0 radical (unpaired) electrons. The summed E-state index contributed by atoms with van der Waals surface area (Å²) in [6, 6.07) is 3.89. The minimum atomic E-state index is 0.837. The Hall–Kier alpha value is -1.18. The summed E-state index contributed by atoms with van der Waals surface area (Å²) in [5.74, 6) is 5.50. The Morgan fingerprint density at radius 1 is 1.78 bits per heavy atom. The van der Waals surface area contributed by atoms with Crippen LogP contribution in [0.25, 0.3) is 0 Å². The molecule has 0 atom stereocenters. The molecule has 1 rings (SSSR count). The zero-order chi connectivity index (χ0) is 6.69. The SMILES string of the molecule is C=CCc1cccn1N. The van der Waals surface area contributed by atoms with Gasteiger partial charge < -0.3 is 5.84 Å². The van der Waals surface area contributed by atoms with Gasteiger partial charge in [-0.25, -0.2) is 0 Å². The second-order valence-electron chi connectivity index (χ2n) is 1.90. The Labute approximate surface area is 54.6 Å². The maximum Gasteiger partial charge on any atom is 0.0429 e. The molecule has 0 aliphatic rings. The number of hydrogen-bond donors (Lipinski definition) is 1. The molecule has 2 nitrogen and oxygen atoms in total. The summed E-state index contributed by atoms with van der Waals surface area (Å²) in [5, 5.41) is 0. The Kier molecular flexibility index (Phi) is 1.58. The maximum absolute atomic E-state index is 5.50. The standard InChI is InChI=1S/C7H10N2/c1-2-4-7-5-3-6-9(7)8/h2-3,5-6H,1,4,8H2. The van der Waals surface area contributed by atoms with E-state index in [9.17, 15) is 0 Å². The molecule has 0 fully saturated rings. The van der Waals surface area contributed by atoms with Crippen molar-refractivity contribution in [3.63, 3.8) is 0 Å². The van der Waals surface area contributed by atoms with Gasteiger partial charge in [0.05, 0.1) is 0 Å². The molecule has 0 saturated heterocycles. The second-order valence-corrected chi connectivity index (χ2v) is 1.90. The van der Waals surface area contributed by atoms with Gasteiger partial charge in [-0.15, -0.1) is 6.58 Å². The van der Waals surface area contributed by atoms with Gasteiger partial charge in [-0.3, -0.25) is 4.68 Å². The van der Waals surface area contributed by atoms with E-state index < -0.39 is 0 Å². The molecule has 1 aromatic heterocycles. The first kappa shape index (κ1) is 5.95. The van der Waals surface area contributed by atoms with E-state index in [1.54, 1.807) is 4.68 Å². The number of nitrogens with two attached hydrogens (primary N) is 1. The highest BCUT2D eigenvalue weighted by molar-refractivity contribution is 5.09. The third kappa shape index (κ3) is 1.13. The van der Waals surface area contributed by atoms with E-state index >= 15 is 0 Å².